The largest absolute Gasteiger partial charge is 0.343 e. The Bertz CT molecular complexity index is 603. The molecule has 0 aliphatic heterocycles. The lowest BCUT2D eigenvalue weighted by molar-refractivity contribution is 0.112. The fourth-order valence-electron chi connectivity index (χ4n) is 1.15. The fourth-order valence-corrected chi connectivity index (χ4v) is 3.36. The molecule has 0 radical (unpaired) electrons. The number of hydrogen-bond donors (Lipinski definition) is 1. The molecule has 6 nitrogen and oxygen atoms in total. The summed E-state index contributed by atoms with van der Waals surface area (Å²) in [5, 5.41) is 6.90. The van der Waals surface area contributed by atoms with Crippen LogP contribution in [0.25, 0.3) is 0 Å². The summed E-state index contributed by atoms with van der Waals surface area (Å²) in [5.41, 5.74) is -0.270. The predicted octanol–water partition coefficient (Wildman–Crippen LogP) is 1.66. The molecule has 2 aromatic heterocycles. The van der Waals surface area contributed by atoms with Crippen molar-refractivity contribution in [3.63, 3.8) is 0 Å². The van der Waals surface area contributed by atoms with Crippen molar-refractivity contribution in [1.29, 1.82) is 0 Å². The SMILES string of the molecule is CCn1c(Sc2nc(Cl)c(C=O)s2)n[nH]c1=O. The maximum atomic E-state index is 11.3. The summed E-state index contributed by atoms with van der Waals surface area (Å²) in [6.45, 7) is 2.35. The number of carbonyl (C=O) groups excluding carboxylic acids is 1. The monoisotopic (exact) mass is 290 g/mol. The van der Waals surface area contributed by atoms with Gasteiger partial charge in [0.15, 0.2) is 20.9 Å². The van der Waals surface area contributed by atoms with Gasteiger partial charge in [0.05, 0.1) is 0 Å². The van der Waals surface area contributed by atoms with E-state index in [1.165, 1.54) is 27.7 Å². The van der Waals surface area contributed by atoms with Crippen LogP contribution in [0.1, 0.15) is 16.6 Å². The van der Waals surface area contributed by atoms with E-state index in [0.717, 1.165) is 0 Å². The van der Waals surface area contributed by atoms with Crippen LogP contribution in [0.5, 0.6) is 0 Å². The minimum atomic E-state index is -0.270. The van der Waals surface area contributed by atoms with Crippen LogP contribution in [0, 0.1) is 0 Å². The maximum Gasteiger partial charge on any atom is 0.343 e. The molecule has 90 valence electrons. The highest BCUT2D eigenvalue weighted by molar-refractivity contribution is 8.00. The van der Waals surface area contributed by atoms with E-state index in [1.54, 1.807) is 0 Å². The molecular weight excluding hydrogens is 284 g/mol. The zero-order valence-corrected chi connectivity index (χ0v) is 11.0. The van der Waals surface area contributed by atoms with Crippen LogP contribution < -0.4 is 5.69 Å². The summed E-state index contributed by atoms with van der Waals surface area (Å²) in [4.78, 5) is 26.3. The Balaban J connectivity index is 2.31. The van der Waals surface area contributed by atoms with Gasteiger partial charge in [-0.1, -0.05) is 11.6 Å². The van der Waals surface area contributed by atoms with Crippen molar-refractivity contribution in [2.75, 3.05) is 0 Å². The third-order valence-corrected chi connectivity index (χ3v) is 4.35. The van der Waals surface area contributed by atoms with Crippen molar-refractivity contribution in [2.45, 2.75) is 23.0 Å². The molecule has 0 fully saturated rings. The van der Waals surface area contributed by atoms with Gasteiger partial charge in [-0.25, -0.2) is 14.9 Å². The Kier molecular flexibility index (Phi) is 3.65. The molecule has 0 aliphatic rings. The van der Waals surface area contributed by atoms with E-state index in [0.29, 0.717) is 27.2 Å². The Morgan fingerprint density at radius 2 is 2.41 bits per heavy atom. The van der Waals surface area contributed by atoms with E-state index in [1.807, 2.05) is 6.92 Å². The fraction of sp³-hybridized carbons (Fsp3) is 0.250. The zero-order valence-electron chi connectivity index (χ0n) is 8.64. The van der Waals surface area contributed by atoms with Gasteiger partial charge in [0.1, 0.15) is 4.88 Å². The molecule has 0 spiro atoms. The second-order valence-electron chi connectivity index (χ2n) is 2.91. The summed E-state index contributed by atoms with van der Waals surface area (Å²) in [6.07, 6.45) is 0.654. The zero-order chi connectivity index (χ0) is 12.4. The molecule has 0 amide bonds. The number of nitrogens with zero attached hydrogens (tertiary/aromatic N) is 3. The van der Waals surface area contributed by atoms with Crippen molar-refractivity contribution >= 4 is 41.0 Å². The number of rotatable bonds is 4. The van der Waals surface area contributed by atoms with Crippen LogP contribution in [0.3, 0.4) is 0 Å². The Morgan fingerprint density at radius 1 is 1.65 bits per heavy atom. The smallest absolute Gasteiger partial charge is 0.297 e. The Morgan fingerprint density at radius 3 is 3.00 bits per heavy atom. The van der Waals surface area contributed by atoms with E-state index < -0.39 is 0 Å². The minimum absolute atomic E-state index is 0.174. The number of aromatic amines is 1. The highest BCUT2D eigenvalue weighted by Gasteiger charge is 2.14. The predicted molar refractivity (Wildman–Crippen MR) is 65.2 cm³/mol. The van der Waals surface area contributed by atoms with Gasteiger partial charge in [-0.15, -0.1) is 16.4 Å². The maximum absolute atomic E-state index is 11.3. The third kappa shape index (κ3) is 2.43. The Hall–Kier alpha value is -1.12. The molecule has 2 heterocycles. The summed E-state index contributed by atoms with van der Waals surface area (Å²) in [6, 6.07) is 0. The number of nitrogens with one attached hydrogen (secondary N) is 1. The van der Waals surface area contributed by atoms with Crippen molar-refractivity contribution in [2.24, 2.45) is 0 Å². The highest BCUT2D eigenvalue weighted by Crippen LogP contribution is 2.32. The van der Waals surface area contributed by atoms with Gasteiger partial charge in [-0.2, -0.15) is 0 Å². The standard InChI is InChI=1S/C8H7ClN4O2S2/c1-2-13-6(15)11-12-7(13)17-8-10-5(9)4(3-14)16-8/h3H,2H2,1H3,(H,11,15). The van der Waals surface area contributed by atoms with Crippen LogP contribution in [0.15, 0.2) is 14.3 Å². The van der Waals surface area contributed by atoms with Gasteiger partial charge >= 0.3 is 5.69 Å². The molecular formula is C8H7ClN4O2S2. The van der Waals surface area contributed by atoms with E-state index in [2.05, 4.69) is 15.2 Å². The lowest BCUT2D eigenvalue weighted by Gasteiger charge is -1.97. The van der Waals surface area contributed by atoms with Crippen LogP contribution in [0.4, 0.5) is 0 Å². The molecule has 0 saturated heterocycles. The average molecular weight is 291 g/mol. The third-order valence-electron chi connectivity index (χ3n) is 1.92. The number of aldehydes is 1. The first kappa shape index (κ1) is 12.3. The van der Waals surface area contributed by atoms with Gasteiger partial charge in [0, 0.05) is 6.54 Å². The molecule has 1 N–H and O–H groups in total. The molecule has 2 rings (SSSR count). The van der Waals surface area contributed by atoms with E-state index in [9.17, 15) is 9.59 Å². The minimum Gasteiger partial charge on any atom is -0.297 e. The van der Waals surface area contributed by atoms with Crippen molar-refractivity contribution in [3.05, 3.63) is 20.5 Å². The first-order chi connectivity index (χ1) is 8.15. The highest BCUT2D eigenvalue weighted by atomic mass is 35.5. The first-order valence-corrected chi connectivity index (χ1v) is 6.61. The summed E-state index contributed by atoms with van der Waals surface area (Å²) in [5.74, 6) is 0. The second-order valence-corrected chi connectivity index (χ2v) is 5.51. The van der Waals surface area contributed by atoms with Gasteiger partial charge in [0.2, 0.25) is 0 Å². The van der Waals surface area contributed by atoms with Gasteiger partial charge in [-0.05, 0) is 18.7 Å². The average Bonchev–Trinajstić information content (AvgIpc) is 2.83. The Labute approximate surface area is 109 Å². The summed E-state index contributed by atoms with van der Waals surface area (Å²) in [7, 11) is 0. The molecule has 17 heavy (non-hydrogen) atoms. The number of halogens is 1. The summed E-state index contributed by atoms with van der Waals surface area (Å²) >= 11 is 8.11. The number of H-pyrrole nitrogens is 1. The van der Waals surface area contributed by atoms with Crippen molar-refractivity contribution in [3.8, 4) is 0 Å². The number of aromatic nitrogens is 4. The molecule has 2 aromatic rings. The summed E-state index contributed by atoms with van der Waals surface area (Å²) < 4.78 is 2.05. The molecule has 0 aliphatic carbocycles. The normalized spacial score (nSPS) is 10.7. The molecule has 0 atom stereocenters. The number of hydrogen-bond acceptors (Lipinski definition) is 6. The first-order valence-electron chi connectivity index (χ1n) is 4.60. The van der Waals surface area contributed by atoms with Crippen LogP contribution >= 0.6 is 34.7 Å². The van der Waals surface area contributed by atoms with Crippen LogP contribution in [0.2, 0.25) is 5.15 Å². The van der Waals surface area contributed by atoms with E-state index in [-0.39, 0.29) is 10.8 Å². The molecule has 0 bridgehead atoms. The van der Waals surface area contributed by atoms with Crippen LogP contribution in [-0.4, -0.2) is 26.0 Å². The topological polar surface area (TPSA) is 80.6 Å². The molecule has 0 aromatic carbocycles. The number of thiazole rings is 1. The molecule has 9 heteroatoms. The van der Waals surface area contributed by atoms with Gasteiger partial charge in [0.25, 0.3) is 0 Å². The quantitative estimate of drug-likeness (QED) is 0.866. The molecule has 0 unspecified atom stereocenters. The van der Waals surface area contributed by atoms with E-state index >= 15 is 0 Å². The van der Waals surface area contributed by atoms with Crippen LogP contribution in [-0.2, 0) is 6.54 Å². The number of carbonyl (C=O) groups is 1. The lowest BCUT2D eigenvalue weighted by atomic mass is 10.6. The van der Waals surface area contributed by atoms with Gasteiger partial charge < -0.3 is 0 Å². The van der Waals surface area contributed by atoms with Gasteiger partial charge in [-0.3, -0.25) is 9.36 Å². The van der Waals surface area contributed by atoms with Crippen molar-refractivity contribution < 1.29 is 4.79 Å². The second kappa shape index (κ2) is 5.03. The van der Waals surface area contributed by atoms with Crippen molar-refractivity contribution in [1.82, 2.24) is 19.7 Å². The van der Waals surface area contributed by atoms with E-state index in [4.69, 9.17) is 11.6 Å². The molecule has 0 saturated carbocycles. The lowest BCUT2D eigenvalue weighted by Crippen LogP contribution is -2.15.